The molecule has 0 saturated carbocycles. The van der Waals surface area contributed by atoms with Crippen molar-refractivity contribution >= 4 is 17.4 Å². The first-order valence-electron chi connectivity index (χ1n) is 9.55. The van der Waals surface area contributed by atoms with Gasteiger partial charge in [0.1, 0.15) is 17.3 Å². The van der Waals surface area contributed by atoms with Crippen molar-refractivity contribution in [2.45, 2.75) is 13.3 Å². The minimum Gasteiger partial charge on any atom is -0.497 e. The molecule has 0 bridgehead atoms. The quantitative estimate of drug-likeness (QED) is 0.572. The van der Waals surface area contributed by atoms with Gasteiger partial charge < -0.3 is 20.1 Å². The van der Waals surface area contributed by atoms with Crippen LogP contribution in [-0.2, 0) is 6.42 Å². The largest absolute Gasteiger partial charge is 0.497 e. The van der Waals surface area contributed by atoms with Gasteiger partial charge in [-0.2, -0.15) is 0 Å². The number of para-hydroxylation sites is 2. The number of carbonyl (C=O) groups is 1. The van der Waals surface area contributed by atoms with Gasteiger partial charge in [0.2, 0.25) is 0 Å². The van der Waals surface area contributed by atoms with Crippen molar-refractivity contribution in [3.05, 3.63) is 78.0 Å². The molecule has 1 aromatic heterocycles. The summed E-state index contributed by atoms with van der Waals surface area (Å²) < 4.78 is 10.8. The van der Waals surface area contributed by atoms with E-state index in [4.69, 9.17) is 9.47 Å². The van der Waals surface area contributed by atoms with Gasteiger partial charge in [0.05, 0.1) is 19.4 Å². The second kappa shape index (κ2) is 10.1. The summed E-state index contributed by atoms with van der Waals surface area (Å²) in [4.78, 5) is 16.8. The van der Waals surface area contributed by atoms with Gasteiger partial charge in [-0.05, 0) is 55.3 Å². The first-order valence-corrected chi connectivity index (χ1v) is 9.55. The third-order valence-corrected chi connectivity index (χ3v) is 4.31. The molecule has 1 amide bonds. The summed E-state index contributed by atoms with van der Waals surface area (Å²) in [5.74, 6) is 1.99. The highest BCUT2D eigenvalue weighted by atomic mass is 16.5. The standard InChI is InChI=1S/C23H25N3O3/c1-3-29-21-10-5-4-9-20(21)26-22-16-18(12-14-24-22)23(27)25-13-11-17-7-6-8-19(15-17)28-2/h4-10,12,14-16H,3,11,13H2,1-2H3,(H,24,26)(H,25,27). The number of nitrogens with one attached hydrogen (secondary N) is 2. The van der Waals surface area contributed by atoms with Crippen LogP contribution in [0.4, 0.5) is 11.5 Å². The molecule has 0 radical (unpaired) electrons. The molecule has 0 fully saturated rings. The number of benzene rings is 2. The highest BCUT2D eigenvalue weighted by Crippen LogP contribution is 2.26. The van der Waals surface area contributed by atoms with Crippen LogP contribution >= 0.6 is 0 Å². The first-order chi connectivity index (χ1) is 14.2. The maximum atomic E-state index is 12.5. The van der Waals surface area contributed by atoms with Crippen LogP contribution in [0.5, 0.6) is 11.5 Å². The fourth-order valence-corrected chi connectivity index (χ4v) is 2.88. The number of hydrogen-bond donors (Lipinski definition) is 2. The molecule has 6 nitrogen and oxygen atoms in total. The third kappa shape index (κ3) is 5.72. The number of hydrogen-bond acceptors (Lipinski definition) is 5. The van der Waals surface area contributed by atoms with E-state index in [1.54, 1.807) is 25.4 Å². The van der Waals surface area contributed by atoms with Gasteiger partial charge in [-0.1, -0.05) is 24.3 Å². The van der Waals surface area contributed by atoms with E-state index in [9.17, 15) is 4.79 Å². The Hall–Kier alpha value is -3.54. The SMILES string of the molecule is CCOc1ccccc1Nc1cc(C(=O)NCCc2cccc(OC)c2)ccn1. The van der Waals surface area contributed by atoms with Gasteiger partial charge in [-0.25, -0.2) is 4.98 Å². The van der Waals surface area contributed by atoms with E-state index in [1.807, 2.05) is 55.5 Å². The van der Waals surface area contributed by atoms with E-state index in [1.165, 1.54) is 0 Å². The smallest absolute Gasteiger partial charge is 0.251 e. The van der Waals surface area contributed by atoms with Crippen LogP contribution in [0.25, 0.3) is 0 Å². The molecule has 3 rings (SSSR count). The first kappa shape index (κ1) is 20.2. The molecular weight excluding hydrogens is 366 g/mol. The van der Waals surface area contributed by atoms with E-state index >= 15 is 0 Å². The Kier molecular flexibility index (Phi) is 7.05. The van der Waals surface area contributed by atoms with Crippen molar-refractivity contribution in [2.24, 2.45) is 0 Å². The highest BCUT2D eigenvalue weighted by molar-refractivity contribution is 5.95. The van der Waals surface area contributed by atoms with Crippen LogP contribution in [0.1, 0.15) is 22.8 Å². The fraction of sp³-hybridized carbons (Fsp3) is 0.217. The van der Waals surface area contributed by atoms with Crippen LogP contribution < -0.4 is 20.1 Å². The second-order valence-electron chi connectivity index (χ2n) is 6.34. The van der Waals surface area contributed by atoms with Gasteiger partial charge in [0.15, 0.2) is 0 Å². The van der Waals surface area contributed by atoms with Gasteiger partial charge >= 0.3 is 0 Å². The Morgan fingerprint density at radius 1 is 1.07 bits per heavy atom. The van der Waals surface area contributed by atoms with Crippen molar-refractivity contribution < 1.29 is 14.3 Å². The Balaban J connectivity index is 1.60. The van der Waals surface area contributed by atoms with Crippen LogP contribution in [0.2, 0.25) is 0 Å². The number of nitrogens with zero attached hydrogens (tertiary/aromatic N) is 1. The fourth-order valence-electron chi connectivity index (χ4n) is 2.88. The Labute approximate surface area is 170 Å². The number of rotatable bonds is 9. The van der Waals surface area contributed by atoms with E-state index in [2.05, 4.69) is 15.6 Å². The molecule has 3 aromatic rings. The predicted octanol–water partition coefficient (Wildman–Crippen LogP) is 4.21. The van der Waals surface area contributed by atoms with Gasteiger partial charge in [0, 0.05) is 18.3 Å². The number of aromatic nitrogens is 1. The van der Waals surface area contributed by atoms with E-state index in [0.29, 0.717) is 24.5 Å². The molecule has 6 heteroatoms. The van der Waals surface area contributed by atoms with Crippen molar-refractivity contribution in [1.29, 1.82) is 0 Å². The van der Waals surface area contributed by atoms with Gasteiger partial charge in [-0.3, -0.25) is 4.79 Å². The predicted molar refractivity (Wildman–Crippen MR) is 114 cm³/mol. The van der Waals surface area contributed by atoms with Crippen molar-refractivity contribution in [3.63, 3.8) is 0 Å². The number of ether oxygens (including phenoxy) is 2. The number of carbonyl (C=O) groups excluding carboxylic acids is 1. The number of amides is 1. The van der Waals surface area contributed by atoms with E-state index in [-0.39, 0.29) is 5.91 Å². The van der Waals surface area contributed by atoms with Crippen molar-refractivity contribution in [2.75, 3.05) is 25.6 Å². The van der Waals surface area contributed by atoms with E-state index in [0.717, 1.165) is 29.2 Å². The number of anilines is 2. The van der Waals surface area contributed by atoms with Crippen LogP contribution in [-0.4, -0.2) is 31.2 Å². The second-order valence-corrected chi connectivity index (χ2v) is 6.34. The maximum absolute atomic E-state index is 12.5. The average molecular weight is 391 g/mol. The lowest BCUT2D eigenvalue weighted by Gasteiger charge is -2.12. The maximum Gasteiger partial charge on any atom is 0.251 e. The monoisotopic (exact) mass is 391 g/mol. The molecule has 29 heavy (non-hydrogen) atoms. The zero-order valence-corrected chi connectivity index (χ0v) is 16.6. The zero-order valence-electron chi connectivity index (χ0n) is 16.6. The molecule has 2 N–H and O–H groups in total. The minimum atomic E-state index is -0.142. The van der Waals surface area contributed by atoms with E-state index < -0.39 is 0 Å². The summed E-state index contributed by atoms with van der Waals surface area (Å²) in [7, 11) is 1.64. The van der Waals surface area contributed by atoms with Crippen molar-refractivity contribution in [3.8, 4) is 11.5 Å². The topological polar surface area (TPSA) is 72.5 Å². The lowest BCUT2D eigenvalue weighted by Crippen LogP contribution is -2.25. The molecule has 0 aliphatic rings. The van der Waals surface area contributed by atoms with Crippen molar-refractivity contribution in [1.82, 2.24) is 10.3 Å². The van der Waals surface area contributed by atoms with Crippen LogP contribution in [0.3, 0.4) is 0 Å². The molecule has 1 heterocycles. The molecule has 0 unspecified atom stereocenters. The van der Waals surface area contributed by atoms with Gasteiger partial charge in [0.25, 0.3) is 5.91 Å². The lowest BCUT2D eigenvalue weighted by atomic mass is 10.1. The summed E-state index contributed by atoms with van der Waals surface area (Å²) in [5, 5.41) is 6.16. The lowest BCUT2D eigenvalue weighted by molar-refractivity contribution is 0.0954. The molecule has 0 atom stereocenters. The summed E-state index contributed by atoms with van der Waals surface area (Å²) in [5.41, 5.74) is 2.45. The molecule has 0 saturated heterocycles. The van der Waals surface area contributed by atoms with Crippen LogP contribution in [0, 0.1) is 0 Å². The highest BCUT2D eigenvalue weighted by Gasteiger charge is 2.09. The molecule has 0 aliphatic heterocycles. The molecule has 2 aromatic carbocycles. The minimum absolute atomic E-state index is 0.142. The summed E-state index contributed by atoms with van der Waals surface area (Å²) in [6.07, 6.45) is 2.34. The molecule has 0 aliphatic carbocycles. The van der Waals surface area contributed by atoms with Crippen LogP contribution in [0.15, 0.2) is 66.9 Å². The summed E-state index contributed by atoms with van der Waals surface area (Å²) >= 11 is 0. The normalized spacial score (nSPS) is 10.3. The average Bonchev–Trinajstić information content (AvgIpc) is 2.75. The molecule has 150 valence electrons. The van der Waals surface area contributed by atoms with Gasteiger partial charge in [-0.15, -0.1) is 0 Å². The third-order valence-electron chi connectivity index (χ3n) is 4.31. The molecular formula is C23H25N3O3. The Morgan fingerprint density at radius 3 is 2.76 bits per heavy atom. The Morgan fingerprint density at radius 2 is 1.93 bits per heavy atom. The summed E-state index contributed by atoms with van der Waals surface area (Å²) in [6.45, 7) is 3.04. The molecule has 0 spiro atoms. The Bertz CT molecular complexity index is 959. The number of methoxy groups -OCH3 is 1. The summed E-state index contributed by atoms with van der Waals surface area (Å²) in [6, 6.07) is 18.9. The number of pyridine rings is 1. The zero-order chi connectivity index (χ0) is 20.5.